The number of sulfonamides is 1. The number of fused-ring (bicyclic) bond motifs is 2. The number of ketones is 1. The van der Waals surface area contributed by atoms with Gasteiger partial charge in [0.05, 0.1) is 4.90 Å². The Morgan fingerprint density at radius 1 is 1.27 bits per heavy atom. The fraction of sp³-hybridized carbons (Fsp3) is 0.588. The van der Waals surface area contributed by atoms with Gasteiger partial charge in [0.1, 0.15) is 0 Å². The predicted molar refractivity (Wildman–Crippen MR) is 85.2 cm³/mol. The zero-order chi connectivity index (χ0) is 15.9. The van der Waals surface area contributed by atoms with Gasteiger partial charge in [0.25, 0.3) is 0 Å². The molecule has 0 aromatic heterocycles. The lowest BCUT2D eigenvalue weighted by atomic mass is 9.84. The van der Waals surface area contributed by atoms with E-state index in [-0.39, 0.29) is 16.7 Å². The maximum absolute atomic E-state index is 12.6. The van der Waals surface area contributed by atoms with E-state index in [0.29, 0.717) is 17.4 Å². The molecule has 5 heteroatoms. The summed E-state index contributed by atoms with van der Waals surface area (Å²) in [6.45, 7) is 3.41. The summed E-state index contributed by atoms with van der Waals surface area (Å²) < 4.78 is 27.9. The number of rotatable bonds is 5. The van der Waals surface area contributed by atoms with Crippen molar-refractivity contribution in [1.29, 1.82) is 0 Å². The van der Waals surface area contributed by atoms with Crippen molar-refractivity contribution >= 4 is 15.8 Å². The standard InChI is InChI=1S/C17H23NO3S/c1-11(17-9-13-6-7-15(17)8-13)18-22(20,21)16-5-3-4-14(10-16)12(2)19/h3-5,10-11,13,15,17-18H,6-9H2,1-2H3/t11-,13+,15+,17-/m0/s1. The highest BCUT2D eigenvalue weighted by Crippen LogP contribution is 2.49. The first kappa shape index (κ1) is 15.7. The zero-order valence-electron chi connectivity index (χ0n) is 13.1. The molecule has 2 aliphatic carbocycles. The van der Waals surface area contributed by atoms with Crippen LogP contribution in [0.1, 0.15) is 49.9 Å². The van der Waals surface area contributed by atoms with Crippen molar-refractivity contribution in [3.05, 3.63) is 29.8 Å². The Hall–Kier alpha value is -1.20. The molecule has 2 aliphatic rings. The molecule has 1 aromatic rings. The fourth-order valence-corrected chi connectivity index (χ4v) is 5.53. The number of Topliss-reactive ketones (excluding diaryl/α,β-unsaturated/α-hetero) is 1. The topological polar surface area (TPSA) is 63.2 Å². The normalized spacial score (nSPS) is 28.7. The summed E-state index contributed by atoms with van der Waals surface area (Å²) in [4.78, 5) is 11.6. The van der Waals surface area contributed by atoms with Crippen molar-refractivity contribution in [1.82, 2.24) is 4.72 Å². The molecule has 120 valence electrons. The van der Waals surface area contributed by atoms with Crippen LogP contribution in [0.15, 0.2) is 29.2 Å². The van der Waals surface area contributed by atoms with E-state index < -0.39 is 10.0 Å². The van der Waals surface area contributed by atoms with Crippen LogP contribution in [0.5, 0.6) is 0 Å². The van der Waals surface area contributed by atoms with E-state index in [1.807, 2.05) is 6.92 Å². The van der Waals surface area contributed by atoms with Gasteiger partial charge in [0, 0.05) is 11.6 Å². The lowest BCUT2D eigenvalue weighted by Crippen LogP contribution is -2.40. The average Bonchev–Trinajstić information content (AvgIpc) is 3.09. The van der Waals surface area contributed by atoms with Crippen LogP contribution in [0.25, 0.3) is 0 Å². The first-order valence-corrected chi connectivity index (χ1v) is 9.48. The highest BCUT2D eigenvalue weighted by Gasteiger charge is 2.42. The minimum atomic E-state index is -3.57. The van der Waals surface area contributed by atoms with Crippen molar-refractivity contribution in [2.45, 2.75) is 50.5 Å². The van der Waals surface area contributed by atoms with Gasteiger partial charge >= 0.3 is 0 Å². The van der Waals surface area contributed by atoms with Crippen molar-refractivity contribution in [3.8, 4) is 0 Å². The van der Waals surface area contributed by atoms with Crippen molar-refractivity contribution in [2.75, 3.05) is 0 Å². The second kappa shape index (κ2) is 5.78. The van der Waals surface area contributed by atoms with E-state index >= 15 is 0 Å². The van der Waals surface area contributed by atoms with Crippen LogP contribution in [0.3, 0.4) is 0 Å². The number of carbonyl (C=O) groups excluding carboxylic acids is 1. The first-order valence-electron chi connectivity index (χ1n) is 8.00. The summed E-state index contributed by atoms with van der Waals surface area (Å²) in [6, 6.07) is 6.20. The summed E-state index contributed by atoms with van der Waals surface area (Å²) in [5.74, 6) is 1.79. The SMILES string of the molecule is CC(=O)c1cccc(S(=O)(=O)N[C@@H](C)[C@@H]2C[C@@H]3CC[C@@H]2C3)c1. The van der Waals surface area contributed by atoms with E-state index in [0.717, 1.165) is 12.3 Å². The molecule has 0 saturated heterocycles. The summed E-state index contributed by atoms with van der Waals surface area (Å²) in [5.41, 5.74) is 0.426. The predicted octanol–water partition coefficient (Wildman–Crippen LogP) is 2.99. The Labute approximate surface area is 132 Å². The summed E-state index contributed by atoms with van der Waals surface area (Å²) >= 11 is 0. The lowest BCUT2D eigenvalue weighted by Gasteiger charge is -2.28. The number of carbonyl (C=O) groups is 1. The van der Waals surface area contributed by atoms with Gasteiger partial charge in [-0.1, -0.05) is 18.6 Å². The molecule has 0 heterocycles. The molecule has 0 aliphatic heterocycles. The van der Waals surface area contributed by atoms with Gasteiger partial charge in [-0.15, -0.1) is 0 Å². The van der Waals surface area contributed by atoms with Gasteiger partial charge < -0.3 is 0 Å². The molecule has 2 bridgehead atoms. The van der Waals surface area contributed by atoms with Gasteiger partial charge in [0.15, 0.2) is 5.78 Å². The van der Waals surface area contributed by atoms with Crippen molar-refractivity contribution in [3.63, 3.8) is 0 Å². The summed E-state index contributed by atoms with van der Waals surface area (Å²) in [7, 11) is -3.57. The second-order valence-electron chi connectivity index (χ2n) is 6.83. The fourth-order valence-electron chi connectivity index (χ4n) is 4.19. The molecule has 3 rings (SSSR count). The largest absolute Gasteiger partial charge is 0.295 e. The third-order valence-corrected chi connectivity index (χ3v) is 6.88. The molecule has 0 unspecified atom stereocenters. The number of nitrogens with one attached hydrogen (secondary N) is 1. The van der Waals surface area contributed by atoms with E-state index in [9.17, 15) is 13.2 Å². The molecular weight excluding hydrogens is 298 g/mol. The quantitative estimate of drug-likeness (QED) is 0.848. The van der Waals surface area contributed by atoms with Gasteiger partial charge in [-0.05, 0) is 63.0 Å². The lowest BCUT2D eigenvalue weighted by molar-refractivity contribution is 0.101. The molecule has 1 aromatic carbocycles. The third kappa shape index (κ3) is 2.97. The number of benzene rings is 1. The highest BCUT2D eigenvalue weighted by molar-refractivity contribution is 7.89. The third-order valence-electron chi connectivity index (χ3n) is 5.33. The van der Waals surface area contributed by atoms with Crippen LogP contribution in [0.2, 0.25) is 0 Å². The van der Waals surface area contributed by atoms with Crippen LogP contribution in [0.4, 0.5) is 0 Å². The average molecular weight is 321 g/mol. The summed E-state index contributed by atoms with van der Waals surface area (Å²) in [6.07, 6.45) is 4.95. The Kier molecular flexibility index (Phi) is 4.12. The number of hydrogen-bond acceptors (Lipinski definition) is 3. The zero-order valence-corrected chi connectivity index (χ0v) is 13.9. The minimum absolute atomic E-state index is 0.0544. The van der Waals surface area contributed by atoms with Crippen LogP contribution in [-0.4, -0.2) is 20.2 Å². The summed E-state index contributed by atoms with van der Waals surface area (Å²) in [5, 5.41) is 0. The first-order chi connectivity index (χ1) is 10.4. The molecule has 22 heavy (non-hydrogen) atoms. The van der Waals surface area contributed by atoms with E-state index in [1.54, 1.807) is 18.2 Å². The van der Waals surface area contributed by atoms with Crippen molar-refractivity contribution in [2.24, 2.45) is 17.8 Å². The van der Waals surface area contributed by atoms with E-state index in [1.165, 1.54) is 32.3 Å². The smallest absolute Gasteiger partial charge is 0.240 e. The molecular formula is C17H23NO3S. The molecule has 2 saturated carbocycles. The Bertz CT molecular complexity index is 683. The monoisotopic (exact) mass is 321 g/mol. The van der Waals surface area contributed by atoms with Gasteiger partial charge in [0.2, 0.25) is 10.0 Å². The Balaban J connectivity index is 1.76. The minimum Gasteiger partial charge on any atom is -0.295 e. The van der Waals surface area contributed by atoms with Crippen LogP contribution < -0.4 is 4.72 Å². The van der Waals surface area contributed by atoms with E-state index in [2.05, 4.69) is 4.72 Å². The van der Waals surface area contributed by atoms with Gasteiger partial charge in [-0.25, -0.2) is 13.1 Å². The van der Waals surface area contributed by atoms with E-state index in [4.69, 9.17) is 0 Å². The Morgan fingerprint density at radius 3 is 2.64 bits per heavy atom. The molecule has 0 radical (unpaired) electrons. The molecule has 0 amide bonds. The van der Waals surface area contributed by atoms with Crippen molar-refractivity contribution < 1.29 is 13.2 Å². The van der Waals surface area contributed by atoms with Crippen LogP contribution >= 0.6 is 0 Å². The molecule has 4 nitrogen and oxygen atoms in total. The van der Waals surface area contributed by atoms with Gasteiger partial charge in [-0.3, -0.25) is 4.79 Å². The highest BCUT2D eigenvalue weighted by atomic mass is 32.2. The number of hydrogen-bond donors (Lipinski definition) is 1. The molecule has 1 N–H and O–H groups in total. The van der Waals surface area contributed by atoms with Crippen LogP contribution in [0, 0.1) is 17.8 Å². The Morgan fingerprint density at radius 2 is 2.05 bits per heavy atom. The molecule has 2 fully saturated rings. The second-order valence-corrected chi connectivity index (χ2v) is 8.55. The molecule has 0 spiro atoms. The molecule has 4 atom stereocenters. The maximum atomic E-state index is 12.6. The maximum Gasteiger partial charge on any atom is 0.240 e. The van der Waals surface area contributed by atoms with Crippen LogP contribution in [-0.2, 0) is 10.0 Å². The van der Waals surface area contributed by atoms with Gasteiger partial charge in [-0.2, -0.15) is 0 Å².